The topological polar surface area (TPSA) is 3.24 Å². The van der Waals surface area contributed by atoms with Crippen LogP contribution in [0.25, 0.3) is 21.2 Å². The van der Waals surface area contributed by atoms with Gasteiger partial charge in [-0.3, -0.25) is 0 Å². The van der Waals surface area contributed by atoms with E-state index < -0.39 is 0 Å². The summed E-state index contributed by atoms with van der Waals surface area (Å²) in [4.78, 5) is 2.30. The third-order valence-corrected chi connectivity index (χ3v) is 7.75. The maximum absolute atomic E-state index is 6.90. The third kappa shape index (κ3) is 4.24. The van der Waals surface area contributed by atoms with Crippen LogP contribution in [-0.2, 0) is 5.41 Å². The van der Waals surface area contributed by atoms with Crippen LogP contribution in [0.5, 0.6) is 0 Å². The van der Waals surface area contributed by atoms with E-state index in [1.54, 1.807) is 11.3 Å². The molecule has 1 heterocycles. The Labute approximate surface area is 211 Å². The molecule has 0 saturated heterocycles. The molecular weight excluding hydrogens is 454 g/mol. The highest BCUT2D eigenvalue weighted by atomic mass is 35.5. The summed E-state index contributed by atoms with van der Waals surface area (Å²) >= 11 is 8.67. The standard InChI is InChI=1S/C31H28ClNS/c1-21-9-8-12-27(30(21)32)33(25-16-14-24(15-17-25)31(2,3)4)28-20-34-29-18-13-23(19-26(28)29)22-10-6-5-7-11-22/h5-20H,1-4H3. The van der Waals surface area contributed by atoms with Gasteiger partial charge >= 0.3 is 0 Å². The molecule has 5 aromatic rings. The number of halogens is 1. The molecule has 1 aromatic heterocycles. The first-order valence-corrected chi connectivity index (χ1v) is 12.8. The Hall–Kier alpha value is -3.07. The SMILES string of the molecule is Cc1cccc(N(c2ccc(C(C)(C)C)cc2)c2csc3ccc(-c4ccccc4)cc23)c1Cl. The van der Waals surface area contributed by atoms with Gasteiger partial charge in [0.1, 0.15) is 0 Å². The van der Waals surface area contributed by atoms with Crippen LogP contribution in [0.1, 0.15) is 31.9 Å². The maximum Gasteiger partial charge on any atom is 0.0675 e. The number of rotatable bonds is 4. The smallest absolute Gasteiger partial charge is 0.0675 e. The van der Waals surface area contributed by atoms with Gasteiger partial charge in [-0.2, -0.15) is 0 Å². The summed E-state index contributed by atoms with van der Waals surface area (Å²) in [6, 6.07) is 32.4. The van der Waals surface area contributed by atoms with E-state index in [0.29, 0.717) is 0 Å². The molecule has 0 radical (unpaired) electrons. The van der Waals surface area contributed by atoms with Crippen molar-refractivity contribution in [2.75, 3.05) is 4.90 Å². The summed E-state index contributed by atoms with van der Waals surface area (Å²) in [6.45, 7) is 8.80. The molecular formula is C31H28ClNS. The second-order valence-corrected chi connectivity index (χ2v) is 11.0. The van der Waals surface area contributed by atoms with Crippen molar-refractivity contribution >= 4 is 50.1 Å². The lowest BCUT2D eigenvalue weighted by molar-refractivity contribution is 0.590. The van der Waals surface area contributed by atoms with E-state index in [1.807, 2.05) is 0 Å². The number of benzene rings is 4. The average molecular weight is 482 g/mol. The molecule has 0 aliphatic heterocycles. The monoisotopic (exact) mass is 481 g/mol. The molecule has 0 atom stereocenters. The highest BCUT2D eigenvalue weighted by Gasteiger charge is 2.21. The Kier molecular flexibility index (Phi) is 5.97. The van der Waals surface area contributed by atoms with Crippen molar-refractivity contribution in [3.63, 3.8) is 0 Å². The van der Waals surface area contributed by atoms with Crippen LogP contribution in [0.2, 0.25) is 5.02 Å². The molecule has 1 nitrogen and oxygen atoms in total. The molecule has 0 N–H and O–H groups in total. The summed E-state index contributed by atoms with van der Waals surface area (Å²) in [5.74, 6) is 0. The summed E-state index contributed by atoms with van der Waals surface area (Å²) in [6.07, 6.45) is 0. The van der Waals surface area contributed by atoms with Gasteiger partial charge in [0.15, 0.2) is 0 Å². The minimum absolute atomic E-state index is 0.101. The fourth-order valence-corrected chi connectivity index (χ4v) is 5.44. The summed E-state index contributed by atoms with van der Waals surface area (Å²) in [5, 5.41) is 4.25. The van der Waals surface area contributed by atoms with Crippen LogP contribution in [-0.4, -0.2) is 0 Å². The van der Waals surface area contributed by atoms with Gasteiger partial charge in [0.25, 0.3) is 0 Å². The fraction of sp³-hybridized carbons (Fsp3) is 0.161. The first-order chi connectivity index (χ1) is 16.3. The average Bonchev–Trinajstić information content (AvgIpc) is 3.25. The number of hydrogen-bond acceptors (Lipinski definition) is 2. The van der Waals surface area contributed by atoms with Crippen molar-refractivity contribution in [3.8, 4) is 11.1 Å². The van der Waals surface area contributed by atoms with E-state index in [2.05, 4.69) is 129 Å². The number of hydrogen-bond donors (Lipinski definition) is 0. The van der Waals surface area contributed by atoms with Crippen LogP contribution in [0.15, 0.2) is 96.4 Å². The zero-order chi connectivity index (χ0) is 23.9. The van der Waals surface area contributed by atoms with E-state index in [9.17, 15) is 0 Å². The van der Waals surface area contributed by atoms with Crippen LogP contribution < -0.4 is 4.90 Å². The molecule has 0 aliphatic carbocycles. The highest BCUT2D eigenvalue weighted by Crippen LogP contribution is 2.46. The van der Waals surface area contributed by atoms with Crippen LogP contribution in [0, 0.1) is 6.92 Å². The van der Waals surface area contributed by atoms with Crippen LogP contribution >= 0.6 is 22.9 Å². The van der Waals surface area contributed by atoms with Crippen molar-refractivity contribution in [1.29, 1.82) is 0 Å². The second kappa shape index (κ2) is 8.94. The second-order valence-electron chi connectivity index (χ2n) is 9.74. The molecule has 0 bridgehead atoms. The lowest BCUT2D eigenvalue weighted by Gasteiger charge is -2.27. The predicted octanol–water partition coefficient (Wildman–Crippen LogP) is 10.3. The van der Waals surface area contributed by atoms with Gasteiger partial charge in [-0.15, -0.1) is 11.3 Å². The number of nitrogens with zero attached hydrogens (tertiary/aromatic N) is 1. The lowest BCUT2D eigenvalue weighted by atomic mass is 9.87. The van der Waals surface area contributed by atoms with E-state index in [-0.39, 0.29) is 5.41 Å². The van der Waals surface area contributed by atoms with Crippen molar-refractivity contribution in [3.05, 3.63) is 113 Å². The Balaban J connectivity index is 1.71. The normalized spacial score (nSPS) is 11.7. The van der Waals surface area contributed by atoms with E-state index in [4.69, 9.17) is 11.6 Å². The van der Waals surface area contributed by atoms with Crippen molar-refractivity contribution in [2.24, 2.45) is 0 Å². The number of fused-ring (bicyclic) bond motifs is 1. The molecule has 0 fully saturated rings. The van der Waals surface area contributed by atoms with Crippen LogP contribution in [0.4, 0.5) is 17.1 Å². The largest absolute Gasteiger partial charge is 0.308 e. The van der Waals surface area contributed by atoms with Gasteiger partial charge in [-0.1, -0.05) is 93.0 Å². The quantitative estimate of drug-likeness (QED) is 0.246. The highest BCUT2D eigenvalue weighted by molar-refractivity contribution is 7.17. The lowest BCUT2D eigenvalue weighted by Crippen LogP contribution is -2.13. The maximum atomic E-state index is 6.90. The van der Waals surface area contributed by atoms with Crippen molar-refractivity contribution in [1.82, 2.24) is 0 Å². The van der Waals surface area contributed by atoms with Gasteiger partial charge in [0.05, 0.1) is 16.4 Å². The van der Waals surface area contributed by atoms with Crippen LogP contribution in [0.3, 0.4) is 0 Å². The number of anilines is 3. The molecule has 0 unspecified atom stereocenters. The van der Waals surface area contributed by atoms with Crippen molar-refractivity contribution < 1.29 is 0 Å². The molecule has 170 valence electrons. The Morgan fingerprint density at radius 1 is 0.735 bits per heavy atom. The molecule has 34 heavy (non-hydrogen) atoms. The Morgan fingerprint density at radius 3 is 2.18 bits per heavy atom. The minimum atomic E-state index is 0.101. The first kappa shape index (κ1) is 22.7. The fourth-order valence-electron chi connectivity index (χ4n) is 4.32. The van der Waals surface area contributed by atoms with Gasteiger partial charge in [0.2, 0.25) is 0 Å². The van der Waals surface area contributed by atoms with Crippen molar-refractivity contribution in [2.45, 2.75) is 33.1 Å². The number of aryl methyl sites for hydroxylation is 1. The van der Waals surface area contributed by atoms with Gasteiger partial charge in [-0.05, 0) is 64.9 Å². The molecule has 3 heteroatoms. The summed E-state index contributed by atoms with van der Waals surface area (Å²) < 4.78 is 1.26. The number of thiophene rings is 1. The first-order valence-electron chi connectivity index (χ1n) is 11.6. The predicted molar refractivity (Wildman–Crippen MR) is 150 cm³/mol. The van der Waals surface area contributed by atoms with E-state index in [0.717, 1.165) is 27.6 Å². The Bertz CT molecular complexity index is 1440. The molecule has 0 saturated carbocycles. The van der Waals surface area contributed by atoms with E-state index >= 15 is 0 Å². The Morgan fingerprint density at radius 2 is 1.47 bits per heavy atom. The van der Waals surface area contributed by atoms with Gasteiger partial charge in [0, 0.05) is 21.2 Å². The summed E-state index contributed by atoms with van der Waals surface area (Å²) in [7, 11) is 0. The van der Waals surface area contributed by atoms with Gasteiger partial charge in [-0.25, -0.2) is 0 Å². The molecule has 0 spiro atoms. The molecule has 5 rings (SSSR count). The van der Waals surface area contributed by atoms with Gasteiger partial charge < -0.3 is 4.90 Å². The van der Waals surface area contributed by atoms with E-state index in [1.165, 1.54) is 26.8 Å². The zero-order valence-electron chi connectivity index (χ0n) is 20.0. The molecule has 0 amide bonds. The third-order valence-electron chi connectivity index (χ3n) is 6.30. The molecule has 0 aliphatic rings. The minimum Gasteiger partial charge on any atom is -0.308 e. The zero-order valence-corrected chi connectivity index (χ0v) is 21.5. The summed E-state index contributed by atoms with van der Waals surface area (Å²) in [5.41, 5.74) is 8.16. The molecule has 4 aromatic carbocycles.